The minimum absolute atomic E-state index is 0.125. The second-order valence-electron chi connectivity index (χ2n) is 3.85. The molecule has 1 saturated heterocycles. The Labute approximate surface area is 91.9 Å². The van der Waals surface area contributed by atoms with E-state index in [-0.39, 0.29) is 6.23 Å². The number of aromatic nitrogens is 3. The zero-order valence-electron chi connectivity index (χ0n) is 8.64. The van der Waals surface area contributed by atoms with Crippen molar-refractivity contribution in [1.29, 1.82) is 0 Å². The van der Waals surface area contributed by atoms with Crippen LogP contribution in [0, 0.1) is 6.92 Å². The summed E-state index contributed by atoms with van der Waals surface area (Å²) in [6.07, 6.45) is 5.58. The largest absolute Gasteiger partial charge is 0.357 e. The van der Waals surface area contributed by atoms with Crippen LogP contribution in [0.3, 0.4) is 0 Å². The number of fused-ring (bicyclic) bond motifs is 1. The molecule has 4 nitrogen and oxygen atoms in total. The highest BCUT2D eigenvalue weighted by atomic mass is 32.1. The summed E-state index contributed by atoms with van der Waals surface area (Å²) < 4.78 is 7.59. The number of rotatable bonds is 1. The molecule has 5 heteroatoms. The first kappa shape index (κ1) is 9.30. The molecule has 0 radical (unpaired) electrons. The quantitative estimate of drug-likeness (QED) is 0.745. The zero-order chi connectivity index (χ0) is 10.3. The van der Waals surface area contributed by atoms with Crippen LogP contribution in [0.5, 0.6) is 0 Å². The van der Waals surface area contributed by atoms with Crippen LogP contribution < -0.4 is 0 Å². The van der Waals surface area contributed by atoms with Crippen LogP contribution in [-0.2, 0) is 4.74 Å². The molecule has 0 spiro atoms. The minimum Gasteiger partial charge on any atom is -0.357 e. The average Bonchev–Trinajstić information content (AvgIpc) is 2.76. The van der Waals surface area contributed by atoms with E-state index in [1.165, 1.54) is 12.8 Å². The summed E-state index contributed by atoms with van der Waals surface area (Å²) in [5.74, 6) is 0. The van der Waals surface area contributed by atoms with Crippen molar-refractivity contribution in [3.8, 4) is 0 Å². The fourth-order valence-corrected chi connectivity index (χ4v) is 2.69. The number of aryl methyl sites for hydroxylation is 1. The van der Waals surface area contributed by atoms with E-state index in [1.807, 2.05) is 17.8 Å². The Morgan fingerprint density at radius 2 is 2.47 bits per heavy atom. The summed E-state index contributed by atoms with van der Waals surface area (Å²) in [7, 11) is 0. The summed E-state index contributed by atoms with van der Waals surface area (Å²) >= 11 is 1.64. The van der Waals surface area contributed by atoms with Gasteiger partial charge < -0.3 is 4.74 Å². The number of hydrogen-bond donors (Lipinski definition) is 0. The van der Waals surface area contributed by atoms with Crippen LogP contribution in [0.1, 0.15) is 30.5 Å². The van der Waals surface area contributed by atoms with Gasteiger partial charge in [0.15, 0.2) is 4.83 Å². The molecule has 0 saturated carbocycles. The number of nitrogens with zero attached hydrogens (tertiary/aromatic N) is 3. The van der Waals surface area contributed by atoms with Crippen molar-refractivity contribution in [2.24, 2.45) is 0 Å². The lowest BCUT2D eigenvalue weighted by Gasteiger charge is -2.22. The molecule has 2 aromatic rings. The predicted molar refractivity (Wildman–Crippen MR) is 59.0 cm³/mol. The molecule has 3 rings (SSSR count). The van der Waals surface area contributed by atoms with Crippen molar-refractivity contribution in [2.45, 2.75) is 32.4 Å². The van der Waals surface area contributed by atoms with Gasteiger partial charge in [-0.3, -0.25) is 0 Å². The van der Waals surface area contributed by atoms with E-state index in [9.17, 15) is 0 Å². The molecular formula is C10H13N3OS. The van der Waals surface area contributed by atoms with Gasteiger partial charge in [-0.25, -0.2) is 9.67 Å². The van der Waals surface area contributed by atoms with Gasteiger partial charge in [-0.2, -0.15) is 5.10 Å². The average molecular weight is 223 g/mol. The van der Waals surface area contributed by atoms with Crippen LogP contribution in [0.4, 0.5) is 0 Å². The fourth-order valence-electron chi connectivity index (χ4n) is 1.93. The van der Waals surface area contributed by atoms with Gasteiger partial charge in [0.2, 0.25) is 0 Å². The van der Waals surface area contributed by atoms with Gasteiger partial charge in [0.25, 0.3) is 0 Å². The molecule has 2 aromatic heterocycles. The minimum atomic E-state index is 0.125. The molecule has 3 heterocycles. The van der Waals surface area contributed by atoms with Crippen LogP contribution in [0.2, 0.25) is 0 Å². The fraction of sp³-hybridized carbons (Fsp3) is 0.600. The molecule has 1 unspecified atom stereocenters. The van der Waals surface area contributed by atoms with Gasteiger partial charge in [0.1, 0.15) is 11.7 Å². The Morgan fingerprint density at radius 1 is 1.53 bits per heavy atom. The number of thiazole rings is 1. The van der Waals surface area contributed by atoms with Crippen molar-refractivity contribution in [3.05, 3.63) is 11.2 Å². The van der Waals surface area contributed by atoms with Gasteiger partial charge in [-0.1, -0.05) is 11.3 Å². The highest BCUT2D eigenvalue weighted by Crippen LogP contribution is 2.26. The second-order valence-corrected chi connectivity index (χ2v) is 5.04. The molecular weight excluding hydrogens is 210 g/mol. The zero-order valence-corrected chi connectivity index (χ0v) is 9.46. The molecule has 0 aliphatic carbocycles. The molecule has 15 heavy (non-hydrogen) atoms. The topological polar surface area (TPSA) is 39.9 Å². The van der Waals surface area contributed by atoms with Crippen LogP contribution >= 0.6 is 11.3 Å². The van der Waals surface area contributed by atoms with E-state index in [0.29, 0.717) is 0 Å². The summed E-state index contributed by atoms with van der Waals surface area (Å²) in [4.78, 5) is 5.42. The van der Waals surface area contributed by atoms with Crippen molar-refractivity contribution >= 4 is 21.7 Å². The summed E-state index contributed by atoms with van der Waals surface area (Å²) in [6, 6.07) is 0. The molecule has 0 bridgehead atoms. The van der Waals surface area contributed by atoms with E-state index in [0.717, 1.165) is 28.4 Å². The predicted octanol–water partition coefficient (Wildman–Crippen LogP) is 2.50. The maximum atomic E-state index is 5.67. The van der Waals surface area contributed by atoms with Gasteiger partial charge in [0, 0.05) is 6.61 Å². The molecule has 1 fully saturated rings. The SMILES string of the molecule is Cc1nc2cn(C3CCCCO3)nc2s1. The van der Waals surface area contributed by atoms with Crippen molar-refractivity contribution in [1.82, 2.24) is 14.8 Å². The molecule has 1 aliphatic rings. The maximum absolute atomic E-state index is 5.67. The monoisotopic (exact) mass is 223 g/mol. The second kappa shape index (κ2) is 3.57. The Balaban J connectivity index is 1.93. The van der Waals surface area contributed by atoms with E-state index in [2.05, 4.69) is 10.1 Å². The van der Waals surface area contributed by atoms with Crippen molar-refractivity contribution < 1.29 is 4.74 Å². The Morgan fingerprint density at radius 3 is 3.20 bits per heavy atom. The first-order chi connectivity index (χ1) is 7.33. The Kier molecular flexibility index (Phi) is 2.21. The third-order valence-corrected chi connectivity index (χ3v) is 3.52. The summed E-state index contributed by atoms with van der Waals surface area (Å²) in [5, 5.41) is 5.58. The molecule has 0 aromatic carbocycles. The van der Waals surface area contributed by atoms with Crippen LogP contribution in [0.25, 0.3) is 10.3 Å². The third-order valence-electron chi connectivity index (χ3n) is 2.65. The van der Waals surface area contributed by atoms with Gasteiger partial charge >= 0.3 is 0 Å². The number of hydrogen-bond acceptors (Lipinski definition) is 4. The molecule has 0 N–H and O–H groups in total. The van der Waals surface area contributed by atoms with Crippen molar-refractivity contribution in [3.63, 3.8) is 0 Å². The highest BCUT2D eigenvalue weighted by molar-refractivity contribution is 7.18. The van der Waals surface area contributed by atoms with Gasteiger partial charge in [0.05, 0.1) is 11.2 Å². The Bertz CT molecular complexity index is 438. The van der Waals surface area contributed by atoms with Gasteiger partial charge in [-0.05, 0) is 26.2 Å². The smallest absolute Gasteiger partial charge is 0.165 e. The first-order valence-electron chi connectivity index (χ1n) is 5.27. The van der Waals surface area contributed by atoms with E-state index >= 15 is 0 Å². The lowest BCUT2D eigenvalue weighted by Crippen LogP contribution is -2.18. The maximum Gasteiger partial charge on any atom is 0.165 e. The highest BCUT2D eigenvalue weighted by Gasteiger charge is 2.17. The molecule has 0 amide bonds. The Hall–Kier alpha value is -0.940. The van der Waals surface area contributed by atoms with Crippen molar-refractivity contribution in [2.75, 3.05) is 6.61 Å². The van der Waals surface area contributed by atoms with Crippen LogP contribution in [0.15, 0.2) is 6.20 Å². The third kappa shape index (κ3) is 1.66. The lowest BCUT2D eigenvalue weighted by atomic mass is 10.2. The van der Waals surface area contributed by atoms with E-state index < -0.39 is 0 Å². The lowest BCUT2D eigenvalue weighted by molar-refractivity contribution is -0.0390. The molecule has 1 aliphatic heterocycles. The summed E-state index contributed by atoms with van der Waals surface area (Å²) in [5.41, 5.74) is 0.992. The normalized spacial score (nSPS) is 22.3. The first-order valence-corrected chi connectivity index (χ1v) is 6.08. The van der Waals surface area contributed by atoms with E-state index in [1.54, 1.807) is 11.3 Å². The number of ether oxygens (including phenoxy) is 1. The molecule has 1 atom stereocenters. The van der Waals surface area contributed by atoms with E-state index in [4.69, 9.17) is 4.74 Å². The van der Waals surface area contributed by atoms with Crippen LogP contribution in [-0.4, -0.2) is 21.4 Å². The molecule has 80 valence electrons. The van der Waals surface area contributed by atoms with Gasteiger partial charge in [-0.15, -0.1) is 0 Å². The summed E-state index contributed by atoms with van der Waals surface area (Å²) in [6.45, 7) is 2.86. The standard InChI is InChI=1S/C10H13N3OS/c1-7-11-8-6-13(12-10(8)15-7)9-4-2-3-5-14-9/h6,9H,2-5H2,1H3.